The lowest BCUT2D eigenvalue weighted by Crippen LogP contribution is -2.05. The maximum absolute atomic E-state index is 12.0. The van der Waals surface area contributed by atoms with Gasteiger partial charge in [-0.05, 0) is 0 Å². The molecule has 0 saturated heterocycles. The molecule has 0 N–H and O–H groups in total. The number of rotatable bonds is 3. The summed E-state index contributed by atoms with van der Waals surface area (Å²) in [5.41, 5.74) is -0.0284. The maximum atomic E-state index is 12.0. The first-order valence-electron chi connectivity index (χ1n) is 4.87. The molecule has 0 aliphatic heterocycles. The molecule has 0 radical (unpaired) electrons. The molecular weight excluding hydrogens is 222 g/mol. The Morgan fingerprint density at radius 1 is 1.35 bits per heavy atom. The summed E-state index contributed by atoms with van der Waals surface area (Å²) in [5, 5.41) is 14.6. The van der Waals surface area contributed by atoms with Crippen molar-refractivity contribution in [3.8, 4) is 0 Å². The van der Waals surface area contributed by atoms with Gasteiger partial charge >= 0.3 is 5.69 Å². The van der Waals surface area contributed by atoms with Crippen LogP contribution in [-0.2, 0) is 7.05 Å². The van der Waals surface area contributed by atoms with Crippen LogP contribution in [-0.4, -0.2) is 20.5 Å². The Balaban J connectivity index is 2.48. The molecule has 0 aliphatic rings. The Morgan fingerprint density at radius 3 is 2.59 bits per heavy atom. The van der Waals surface area contributed by atoms with Crippen molar-refractivity contribution in [1.82, 2.24) is 9.78 Å². The molecule has 2 aromatic rings. The summed E-state index contributed by atoms with van der Waals surface area (Å²) in [6.45, 7) is 0. The number of hydrogen-bond acceptors (Lipinski definition) is 4. The molecule has 0 saturated carbocycles. The summed E-state index contributed by atoms with van der Waals surface area (Å²) in [4.78, 5) is 22.2. The van der Waals surface area contributed by atoms with E-state index in [9.17, 15) is 14.9 Å². The monoisotopic (exact) mass is 231 g/mol. The molecule has 1 aromatic carbocycles. The van der Waals surface area contributed by atoms with E-state index in [4.69, 9.17) is 0 Å². The van der Waals surface area contributed by atoms with E-state index in [-0.39, 0.29) is 11.4 Å². The topological polar surface area (TPSA) is 78.0 Å². The van der Waals surface area contributed by atoms with Gasteiger partial charge in [-0.2, -0.15) is 5.10 Å². The van der Waals surface area contributed by atoms with Crippen molar-refractivity contribution in [1.29, 1.82) is 0 Å². The van der Waals surface area contributed by atoms with Crippen molar-refractivity contribution in [2.75, 3.05) is 0 Å². The zero-order chi connectivity index (χ0) is 12.4. The number of ketones is 1. The summed E-state index contributed by atoms with van der Waals surface area (Å²) in [5.74, 6) is -0.446. The lowest BCUT2D eigenvalue weighted by atomic mass is 10.1. The molecule has 0 spiro atoms. The molecular formula is C11H9N3O3. The molecule has 0 fully saturated rings. The zero-order valence-corrected chi connectivity index (χ0v) is 9.03. The first-order valence-corrected chi connectivity index (χ1v) is 4.87. The van der Waals surface area contributed by atoms with Gasteiger partial charge in [-0.1, -0.05) is 30.3 Å². The summed E-state index contributed by atoms with van der Waals surface area (Å²) in [6.07, 6.45) is 1.22. The van der Waals surface area contributed by atoms with Crippen LogP contribution in [0.2, 0.25) is 0 Å². The van der Waals surface area contributed by atoms with Gasteiger partial charge in [0, 0.05) is 12.6 Å². The third-order valence-electron chi connectivity index (χ3n) is 2.26. The second-order valence-electron chi connectivity index (χ2n) is 3.49. The summed E-state index contributed by atoms with van der Waals surface area (Å²) in [6, 6.07) is 8.36. The smallest absolute Gasteiger partial charge is 0.286 e. The lowest BCUT2D eigenvalue weighted by Gasteiger charge is -1.96. The maximum Gasteiger partial charge on any atom is 0.318 e. The molecule has 1 heterocycles. The molecule has 2 rings (SSSR count). The van der Waals surface area contributed by atoms with Crippen LogP contribution in [0.5, 0.6) is 0 Å². The summed E-state index contributed by atoms with van der Waals surface area (Å²) in [7, 11) is 1.54. The number of nitro groups is 1. The second-order valence-corrected chi connectivity index (χ2v) is 3.49. The van der Waals surface area contributed by atoms with Crippen LogP contribution >= 0.6 is 0 Å². The van der Waals surface area contributed by atoms with Crippen molar-refractivity contribution in [3.05, 3.63) is 57.9 Å². The number of carbonyl (C=O) groups is 1. The molecule has 0 atom stereocenters. The molecule has 6 nitrogen and oxygen atoms in total. The Kier molecular flexibility index (Phi) is 2.70. The van der Waals surface area contributed by atoms with E-state index in [1.807, 2.05) is 0 Å². The minimum absolute atomic E-state index is 0.135. The summed E-state index contributed by atoms with van der Waals surface area (Å²) >= 11 is 0. The minimum Gasteiger partial charge on any atom is -0.286 e. The quantitative estimate of drug-likeness (QED) is 0.456. The van der Waals surface area contributed by atoms with E-state index in [2.05, 4.69) is 5.10 Å². The van der Waals surface area contributed by atoms with Gasteiger partial charge in [-0.15, -0.1) is 0 Å². The SMILES string of the molecule is Cn1cc([N+](=O)[O-])c(C(=O)c2ccccc2)n1. The van der Waals surface area contributed by atoms with Crippen LogP contribution in [0.25, 0.3) is 0 Å². The van der Waals surface area contributed by atoms with E-state index in [0.717, 1.165) is 0 Å². The highest BCUT2D eigenvalue weighted by molar-refractivity contribution is 6.10. The van der Waals surface area contributed by atoms with Crippen molar-refractivity contribution in [2.45, 2.75) is 0 Å². The van der Waals surface area contributed by atoms with Crippen LogP contribution in [0.3, 0.4) is 0 Å². The van der Waals surface area contributed by atoms with E-state index in [1.165, 1.54) is 17.9 Å². The Morgan fingerprint density at radius 2 is 2.00 bits per heavy atom. The first-order chi connectivity index (χ1) is 8.09. The molecule has 86 valence electrons. The largest absolute Gasteiger partial charge is 0.318 e. The Labute approximate surface area is 96.6 Å². The number of aromatic nitrogens is 2. The second kappa shape index (κ2) is 4.17. The first kappa shape index (κ1) is 11.0. The fourth-order valence-corrected chi connectivity index (χ4v) is 1.50. The number of nitrogens with zero attached hydrogens (tertiary/aromatic N) is 3. The van der Waals surface area contributed by atoms with Gasteiger partial charge < -0.3 is 0 Å². The lowest BCUT2D eigenvalue weighted by molar-refractivity contribution is -0.385. The minimum atomic E-state index is -0.608. The molecule has 0 bridgehead atoms. The highest BCUT2D eigenvalue weighted by Crippen LogP contribution is 2.19. The van der Waals surface area contributed by atoms with Crippen molar-refractivity contribution >= 4 is 11.5 Å². The number of hydrogen-bond donors (Lipinski definition) is 0. The molecule has 0 amide bonds. The van der Waals surface area contributed by atoms with E-state index in [1.54, 1.807) is 30.3 Å². The molecule has 1 aromatic heterocycles. The van der Waals surface area contributed by atoms with Crippen LogP contribution in [0, 0.1) is 10.1 Å². The Hall–Kier alpha value is -2.50. The van der Waals surface area contributed by atoms with Gasteiger partial charge in [0.15, 0.2) is 0 Å². The van der Waals surface area contributed by atoms with Crippen LogP contribution < -0.4 is 0 Å². The van der Waals surface area contributed by atoms with Gasteiger partial charge in [0.1, 0.15) is 6.20 Å². The standard InChI is InChI=1S/C11H9N3O3/c1-13-7-9(14(16)17)10(12-13)11(15)8-5-3-2-4-6-8/h2-7H,1H3. The predicted molar refractivity (Wildman–Crippen MR) is 59.7 cm³/mol. The van der Waals surface area contributed by atoms with Crippen molar-refractivity contribution in [2.24, 2.45) is 7.05 Å². The Bertz CT molecular complexity index is 575. The predicted octanol–water partition coefficient (Wildman–Crippen LogP) is 1.56. The fraction of sp³-hybridized carbons (Fsp3) is 0.0909. The third kappa shape index (κ3) is 2.05. The van der Waals surface area contributed by atoms with Gasteiger partial charge in [0.25, 0.3) is 0 Å². The summed E-state index contributed by atoms with van der Waals surface area (Å²) < 4.78 is 1.26. The van der Waals surface area contributed by atoms with Gasteiger partial charge in [0.2, 0.25) is 11.5 Å². The normalized spacial score (nSPS) is 10.2. The average molecular weight is 231 g/mol. The van der Waals surface area contributed by atoms with Crippen LogP contribution in [0.4, 0.5) is 5.69 Å². The number of aryl methyl sites for hydroxylation is 1. The average Bonchev–Trinajstić information content (AvgIpc) is 2.72. The molecule has 17 heavy (non-hydrogen) atoms. The molecule has 0 aliphatic carbocycles. The third-order valence-corrected chi connectivity index (χ3v) is 2.26. The van der Waals surface area contributed by atoms with Gasteiger partial charge in [-0.25, -0.2) is 0 Å². The highest BCUT2D eigenvalue weighted by Gasteiger charge is 2.25. The number of carbonyl (C=O) groups excluding carboxylic acids is 1. The van der Waals surface area contributed by atoms with Gasteiger partial charge in [-0.3, -0.25) is 19.6 Å². The van der Waals surface area contributed by atoms with E-state index >= 15 is 0 Å². The van der Waals surface area contributed by atoms with Crippen molar-refractivity contribution in [3.63, 3.8) is 0 Å². The number of benzene rings is 1. The van der Waals surface area contributed by atoms with Crippen LogP contribution in [0.15, 0.2) is 36.5 Å². The molecule has 0 unspecified atom stereocenters. The zero-order valence-electron chi connectivity index (χ0n) is 9.03. The van der Waals surface area contributed by atoms with Crippen molar-refractivity contribution < 1.29 is 9.72 Å². The molecule has 6 heteroatoms. The highest BCUT2D eigenvalue weighted by atomic mass is 16.6. The van der Waals surface area contributed by atoms with Crippen LogP contribution in [0.1, 0.15) is 16.1 Å². The fourth-order valence-electron chi connectivity index (χ4n) is 1.50. The van der Waals surface area contributed by atoms with E-state index < -0.39 is 10.7 Å². The van der Waals surface area contributed by atoms with Gasteiger partial charge in [0.05, 0.1) is 4.92 Å². The van der Waals surface area contributed by atoms with E-state index in [0.29, 0.717) is 5.56 Å².